The van der Waals surface area contributed by atoms with Crippen molar-refractivity contribution in [1.29, 1.82) is 0 Å². The number of rotatable bonds is 3. The largest absolute Gasteiger partial charge is 0.354 e. The molecule has 2 atom stereocenters. The zero-order valence-electron chi connectivity index (χ0n) is 11.0. The molecule has 2 aliphatic heterocycles. The van der Waals surface area contributed by atoms with E-state index in [0.717, 1.165) is 38.2 Å². The predicted octanol–water partition coefficient (Wildman–Crippen LogP) is 0.251. The minimum absolute atomic E-state index is 0.185. The van der Waals surface area contributed by atoms with E-state index in [-0.39, 0.29) is 11.8 Å². The smallest absolute Gasteiger partial charge is 0.224 e. The molecule has 19 heavy (non-hydrogen) atoms. The Balaban J connectivity index is 1.73. The van der Waals surface area contributed by atoms with Crippen LogP contribution in [0.5, 0.6) is 0 Å². The lowest BCUT2D eigenvalue weighted by Gasteiger charge is -2.35. The number of amides is 1. The van der Waals surface area contributed by atoms with Crippen molar-refractivity contribution in [2.24, 2.45) is 11.7 Å². The van der Waals surface area contributed by atoms with E-state index in [9.17, 15) is 4.79 Å². The first-order chi connectivity index (χ1) is 9.28. The molecule has 0 aromatic carbocycles. The molecule has 102 valence electrons. The minimum atomic E-state index is 0.185. The summed E-state index contributed by atoms with van der Waals surface area (Å²) in [5.41, 5.74) is 7.78. The van der Waals surface area contributed by atoms with E-state index in [0.29, 0.717) is 12.6 Å². The van der Waals surface area contributed by atoms with Crippen LogP contribution in [0.15, 0.2) is 18.3 Å². The Kier molecular flexibility index (Phi) is 3.48. The fourth-order valence-electron chi connectivity index (χ4n) is 3.21. The molecular formula is C14H20N4O. The van der Waals surface area contributed by atoms with E-state index >= 15 is 0 Å². The Hall–Kier alpha value is -1.46. The number of hydrogen-bond donors (Lipinski definition) is 2. The number of aromatic nitrogens is 1. The van der Waals surface area contributed by atoms with Crippen LogP contribution in [0.2, 0.25) is 0 Å². The van der Waals surface area contributed by atoms with Crippen LogP contribution in [0.4, 0.5) is 0 Å². The Bertz CT molecular complexity index is 476. The van der Waals surface area contributed by atoms with Gasteiger partial charge in [-0.25, -0.2) is 0 Å². The van der Waals surface area contributed by atoms with Gasteiger partial charge in [-0.1, -0.05) is 0 Å². The summed E-state index contributed by atoms with van der Waals surface area (Å²) in [6.45, 7) is 3.21. The summed E-state index contributed by atoms with van der Waals surface area (Å²) in [5.74, 6) is 0.414. The normalized spacial score (nSPS) is 27.1. The summed E-state index contributed by atoms with van der Waals surface area (Å²) in [5, 5.41) is 2.99. The van der Waals surface area contributed by atoms with E-state index < -0.39 is 0 Å². The highest BCUT2D eigenvalue weighted by Crippen LogP contribution is 2.28. The molecule has 5 nitrogen and oxygen atoms in total. The number of nitrogens with two attached hydrogens (primary N) is 1. The van der Waals surface area contributed by atoms with Gasteiger partial charge < -0.3 is 11.1 Å². The average Bonchev–Trinajstić information content (AvgIpc) is 2.82. The molecular weight excluding hydrogens is 240 g/mol. The van der Waals surface area contributed by atoms with Crippen molar-refractivity contribution < 1.29 is 4.79 Å². The van der Waals surface area contributed by atoms with Crippen molar-refractivity contribution in [2.45, 2.75) is 32.0 Å². The second-order valence-corrected chi connectivity index (χ2v) is 5.39. The van der Waals surface area contributed by atoms with E-state index in [1.165, 1.54) is 5.56 Å². The molecule has 2 saturated heterocycles. The van der Waals surface area contributed by atoms with Gasteiger partial charge in [0.25, 0.3) is 0 Å². The highest BCUT2D eigenvalue weighted by Gasteiger charge is 2.40. The topological polar surface area (TPSA) is 71.2 Å². The van der Waals surface area contributed by atoms with Gasteiger partial charge in [0.2, 0.25) is 5.91 Å². The fraction of sp³-hybridized carbons (Fsp3) is 0.571. The van der Waals surface area contributed by atoms with Crippen LogP contribution in [0.25, 0.3) is 0 Å². The minimum Gasteiger partial charge on any atom is -0.354 e. The lowest BCUT2D eigenvalue weighted by Crippen LogP contribution is -2.44. The lowest BCUT2D eigenvalue weighted by molar-refractivity contribution is -0.124. The number of carbonyl (C=O) groups is 1. The highest BCUT2D eigenvalue weighted by molar-refractivity contribution is 5.82. The molecule has 3 rings (SSSR count). The number of fused-ring (bicyclic) bond motifs is 1. The van der Waals surface area contributed by atoms with Gasteiger partial charge in [-0.2, -0.15) is 0 Å². The lowest BCUT2D eigenvalue weighted by atomic mass is 9.91. The van der Waals surface area contributed by atoms with E-state index in [2.05, 4.69) is 21.3 Å². The summed E-state index contributed by atoms with van der Waals surface area (Å²) in [4.78, 5) is 18.4. The second-order valence-electron chi connectivity index (χ2n) is 5.39. The zero-order valence-corrected chi connectivity index (χ0v) is 11.0. The van der Waals surface area contributed by atoms with Crippen LogP contribution >= 0.6 is 0 Å². The number of hydrogen-bond acceptors (Lipinski definition) is 4. The van der Waals surface area contributed by atoms with E-state index in [1.54, 1.807) is 0 Å². The summed E-state index contributed by atoms with van der Waals surface area (Å²) >= 11 is 0. The van der Waals surface area contributed by atoms with Crippen LogP contribution in [0.1, 0.15) is 24.1 Å². The third-order valence-electron chi connectivity index (χ3n) is 4.19. The molecule has 1 amide bonds. The average molecular weight is 260 g/mol. The maximum atomic E-state index is 11.7. The summed E-state index contributed by atoms with van der Waals surface area (Å²) < 4.78 is 0. The number of piperidine rings is 1. The van der Waals surface area contributed by atoms with Crippen molar-refractivity contribution in [3.05, 3.63) is 29.6 Å². The fourth-order valence-corrected chi connectivity index (χ4v) is 3.21. The van der Waals surface area contributed by atoms with Gasteiger partial charge in [0.1, 0.15) is 0 Å². The van der Waals surface area contributed by atoms with Crippen LogP contribution < -0.4 is 11.1 Å². The third-order valence-corrected chi connectivity index (χ3v) is 4.19. The molecule has 2 unspecified atom stereocenters. The monoisotopic (exact) mass is 260 g/mol. The van der Waals surface area contributed by atoms with Gasteiger partial charge in [-0.3, -0.25) is 14.7 Å². The zero-order chi connectivity index (χ0) is 13.2. The van der Waals surface area contributed by atoms with Gasteiger partial charge in [-0.15, -0.1) is 0 Å². The summed E-state index contributed by atoms with van der Waals surface area (Å²) in [6.07, 6.45) is 3.94. The number of likely N-dealkylation sites (tertiary alicyclic amines) is 1. The van der Waals surface area contributed by atoms with Crippen molar-refractivity contribution in [2.75, 3.05) is 13.1 Å². The van der Waals surface area contributed by atoms with Gasteiger partial charge in [0.05, 0.1) is 11.6 Å². The molecule has 0 aliphatic carbocycles. The van der Waals surface area contributed by atoms with Gasteiger partial charge in [-0.05, 0) is 37.1 Å². The molecule has 0 saturated carbocycles. The Morgan fingerprint density at radius 1 is 1.53 bits per heavy atom. The molecule has 2 aliphatic rings. The van der Waals surface area contributed by atoms with Crippen LogP contribution in [-0.2, 0) is 17.9 Å². The van der Waals surface area contributed by atoms with Crippen molar-refractivity contribution >= 4 is 5.91 Å². The van der Waals surface area contributed by atoms with Crippen molar-refractivity contribution in [1.82, 2.24) is 15.2 Å². The van der Waals surface area contributed by atoms with E-state index in [1.807, 2.05) is 12.3 Å². The Morgan fingerprint density at radius 3 is 3.26 bits per heavy atom. The van der Waals surface area contributed by atoms with Gasteiger partial charge in [0.15, 0.2) is 0 Å². The number of nitrogens with one attached hydrogen (secondary N) is 1. The maximum Gasteiger partial charge on any atom is 0.224 e. The Morgan fingerprint density at radius 2 is 2.42 bits per heavy atom. The number of pyridine rings is 1. The molecule has 1 aromatic heterocycles. The summed E-state index contributed by atoms with van der Waals surface area (Å²) in [7, 11) is 0. The molecule has 1 aromatic rings. The molecule has 0 radical (unpaired) electrons. The molecule has 5 heteroatoms. The first-order valence-corrected chi connectivity index (χ1v) is 6.93. The van der Waals surface area contributed by atoms with Crippen molar-refractivity contribution in [3.8, 4) is 0 Å². The van der Waals surface area contributed by atoms with Crippen molar-refractivity contribution in [3.63, 3.8) is 0 Å². The van der Waals surface area contributed by atoms with E-state index in [4.69, 9.17) is 5.73 Å². The number of carbonyl (C=O) groups excluding carboxylic acids is 1. The quantitative estimate of drug-likeness (QED) is 0.817. The number of nitrogens with zero attached hydrogens (tertiary/aromatic N) is 2. The molecule has 3 heterocycles. The summed E-state index contributed by atoms with van der Waals surface area (Å²) in [6, 6.07) is 4.46. The standard InChI is InChI=1S/C14H20N4O/c15-7-11-6-10(3-4-16-11)9-18-5-1-2-12-13(18)8-17-14(12)19/h3-4,6,12-13H,1-2,5,7-9,15H2,(H,17,19). The predicted molar refractivity (Wildman–Crippen MR) is 72.1 cm³/mol. The van der Waals surface area contributed by atoms with Gasteiger partial charge in [0, 0.05) is 31.9 Å². The maximum absolute atomic E-state index is 11.7. The highest BCUT2D eigenvalue weighted by atomic mass is 16.2. The van der Waals surface area contributed by atoms with Crippen LogP contribution in [-0.4, -0.2) is 34.9 Å². The first-order valence-electron chi connectivity index (χ1n) is 6.93. The first kappa shape index (κ1) is 12.6. The SMILES string of the molecule is NCc1cc(CN2CCCC3C(=O)NCC32)ccn1. The molecule has 0 bridgehead atoms. The third kappa shape index (κ3) is 2.48. The Labute approximate surface area is 113 Å². The van der Waals surface area contributed by atoms with Gasteiger partial charge >= 0.3 is 0 Å². The van der Waals surface area contributed by atoms with Crippen LogP contribution in [0.3, 0.4) is 0 Å². The molecule has 0 spiro atoms. The molecule has 3 N–H and O–H groups in total. The second kappa shape index (κ2) is 5.27. The van der Waals surface area contributed by atoms with Crippen LogP contribution in [0, 0.1) is 5.92 Å². The molecule has 2 fully saturated rings.